The van der Waals surface area contributed by atoms with Crippen LogP contribution in [0, 0.1) is 5.92 Å². The van der Waals surface area contributed by atoms with Crippen LogP contribution >= 0.6 is 11.6 Å². The SMILES string of the molecule is CCCNCC1(c2ccc(Cl)cc2)CC(C)C1. The second-order valence-corrected chi connectivity index (χ2v) is 5.91. The van der Waals surface area contributed by atoms with Crippen LogP contribution < -0.4 is 5.32 Å². The van der Waals surface area contributed by atoms with Gasteiger partial charge in [-0.15, -0.1) is 0 Å². The van der Waals surface area contributed by atoms with Gasteiger partial charge in [-0.1, -0.05) is 37.6 Å². The first kappa shape index (κ1) is 12.9. The summed E-state index contributed by atoms with van der Waals surface area (Å²) >= 11 is 5.96. The number of hydrogen-bond donors (Lipinski definition) is 1. The average Bonchev–Trinajstić information content (AvgIpc) is 2.27. The molecule has 1 fully saturated rings. The second-order valence-electron chi connectivity index (χ2n) is 5.48. The van der Waals surface area contributed by atoms with Gasteiger partial charge in [0.25, 0.3) is 0 Å². The number of halogens is 1. The maximum absolute atomic E-state index is 5.96. The van der Waals surface area contributed by atoms with Crippen molar-refractivity contribution >= 4 is 11.6 Å². The van der Waals surface area contributed by atoms with Crippen LogP contribution in [0.15, 0.2) is 24.3 Å². The molecule has 1 aromatic carbocycles. The van der Waals surface area contributed by atoms with Gasteiger partial charge in [-0.3, -0.25) is 0 Å². The molecule has 0 spiro atoms. The van der Waals surface area contributed by atoms with Crippen LogP contribution in [-0.4, -0.2) is 13.1 Å². The first-order valence-electron chi connectivity index (χ1n) is 6.63. The maximum Gasteiger partial charge on any atom is 0.0406 e. The normalized spacial score (nSPS) is 27.8. The summed E-state index contributed by atoms with van der Waals surface area (Å²) in [6, 6.07) is 8.42. The molecule has 0 aliphatic heterocycles. The van der Waals surface area contributed by atoms with Crippen molar-refractivity contribution in [3.05, 3.63) is 34.9 Å². The molecule has 1 aromatic rings. The van der Waals surface area contributed by atoms with Crippen LogP contribution in [0.5, 0.6) is 0 Å². The molecule has 2 heteroatoms. The van der Waals surface area contributed by atoms with Crippen LogP contribution in [0.3, 0.4) is 0 Å². The third-order valence-corrected chi connectivity index (χ3v) is 4.08. The van der Waals surface area contributed by atoms with Gasteiger partial charge in [-0.05, 0) is 49.4 Å². The fraction of sp³-hybridized carbons (Fsp3) is 0.600. The van der Waals surface area contributed by atoms with Crippen LogP contribution in [0.4, 0.5) is 0 Å². The molecule has 2 rings (SSSR count). The van der Waals surface area contributed by atoms with Gasteiger partial charge in [0, 0.05) is 17.0 Å². The highest BCUT2D eigenvalue weighted by Crippen LogP contribution is 2.47. The molecule has 0 radical (unpaired) electrons. The van der Waals surface area contributed by atoms with Gasteiger partial charge in [0.1, 0.15) is 0 Å². The van der Waals surface area contributed by atoms with Gasteiger partial charge in [0.15, 0.2) is 0 Å². The quantitative estimate of drug-likeness (QED) is 0.780. The Morgan fingerprint density at radius 2 is 1.94 bits per heavy atom. The molecule has 1 N–H and O–H groups in total. The van der Waals surface area contributed by atoms with E-state index in [-0.39, 0.29) is 0 Å². The lowest BCUT2D eigenvalue weighted by molar-refractivity contribution is 0.153. The molecule has 0 aromatic heterocycles. The molecule has 1 aliphatic rings. The van der Waals surface area contributed by atoms with E-state index in [1.807, 2.05) is 12.1 Å². The fourth-order valence-electron chi connectivity index (χ4n) is 3.06. The highest BCUT2D eigenvalue weighted by atomic mass is 35.5. The first-order chi connectivity index (χ1) is 8.16. The number of hydrogen-bond acceptors (Lipinski definition) is 1. The summed E-state index contributed by atoms with van der Waals surface area (Å²) in [5, 5.41) is 4.41. The van der Waals surface area contributed by atoms with Gasteiger partial charge < -0.3 is 5.32 Å². The van der Waals surface area contributed by atoms with E-state index < -0.39 is 0 Å². The van der Waals surface area contributed by atoms with Crippen LogP contribution in [0.2, 0.25) is 5.02 Å². The summed E-state index contributed by atoms with van der Waals surface area (Å²) in [7, 11) is 0. The number of benzene rings is 1. The third-order valence-electron chi connectivity index (χ3n) is 3.83. The first-order valence-corrected chi connectivity index (χ1v) is 7.01. The van der Waals surface area contributed by atoms with Gasteiger partial charge in [-0.2, -0.15) is 0 Å². The summed E-state index contributed by atoms with van der Waals surface area (Å²) in [5.74, 6) is 0.856. The summed E-state index contributed by atoms with van der Waals surface area (Å²) < 4.78 is 0. The van der Waals surface area contributed by atoms with Crippen molar-refractivity contribution < 1.29 is 0 Å². The predicted octanol–water partition coefficient (Wildman–Crippen LogP) is 4.01. The maximum atomic E-state index is 5.96. The molecule has 17 heavy (non-hydrogen) atoms. The zero-order valence-corrected chi connectivity index (χ0v) is 11.6. The molecule has 1 nitrogen and oxygen atoms in total. The third kappa shape index (κ3) is 2.83. The standard InChI is InChI=1S/C15H22ClN/c1-3-8-17-11-15(9-12(2)10-15)13-4-6-14(16)7-5-13/h4-7,12,17H,3,8-11H2,1-2H3. The largest absolute Gasteiger partial charge is 0.316 e. The average molecular weight is 252 g/mol. The Kier molecular flexibility index (Phi) is 4.11. The highest BCUT2D eigenvalue weighted by Gasteiger charge is 2.42. The topological polar surface area (TPSA) is 12.0 Å². The van der Waals surface area contributed by atoms with E-state index in [9.17, 15) is 0 Å². The Hall–Kier alpha value is -0.530. The summed E-state index contributed by atoms with van der Waals surface area (Å²) in [6.07, 6.45) is 3.79. The van der Waals surface area contributed by atoms with Crippen LogP contribution in [0.25, 0.3) is 0 Å². The van der Waals surface area contributed by atoms with Crippen molar-refractivity contribution in [2.75, 3.05) is 13.1 Å². The zero-order chi connectivity index (χ0) is 12.3. The molecule has 0 saturated heterocycles. The fourth-order valence-corrected chi connectivity index (χ4v) is 3.19. The Labute approximate surface area is 110 Å². The van der Waals surface area contributed by atoms with Gasteiger partial charge in [0.05, 0.1) is 0 Å². The predicted molar refractivity (Wildman–Crippen MR) is 74.7 cm³/mol. The van der Waals surface area contributed by atoms with Gasteiger partial charge in [0.2, 0.25) is 0 Å². The lowest BCUT2D eigenvalue weighted by Gasteiger charge is -2.47. The van der Waals surface area contributed by atoms with Gasteiger partial charge >= 0.3 is 0 Å². The Morgan fingerprint density at radius 3 is 2.47 bits per heavy atom. The van der Waals surface area contributed by atoms with E-state index in [1.54, 1.807) is 0 Å². The van der Waals surface area contributed by atoms with E-state index in [1.165, 1.54) is 24.8 Å². The van der Waals surface area contributed by atoms with Crippen molar-refractivity contribution in [1.29, 1.82) is 0 Å². The molecule has 1 saturated carbocycles. The molecular formula is C15H22ClN. The molecule has 0 heterocycles. The zero-order valence-electron chi connectivity index (χ0n) is 10.8. The Morgan fingerprint density at radius 1 is 1.29 bits per heavy atom. The lowest BCUT2D eigenvalue weighted by atomic mass is 9.59. The van der Waals surface area contributed by atoms with Crippen molar-refractivity contribution in [2.24, 2.45) is 5.92 Å². The molecule has 0 bridgehead atoms. The van der Waals surface area contributed by atoms with Crippen LogP contribution in [-0.2, 0) is 5.41 Å². The minimum Gasteiger partial charge on any atom is -0.316 e. The van der Waals surface area contributed by atoms with Crippen LogP contribution in [0.1, 0.15) is 38.7 Å². The van der Waals surface area contributed by atoms with Crippen molar-refractivity contribution in [3.8, 4) is 0 Å². The highest BCUT2D eigenvalue weighted by molar-refractivity contribution is 6.30. The van der Waals surface area contributed by atoms with E-state index >= 15 is 0 Å². The van der Waals surface area contributed by atoms with E-state index in [0.29, 0.717) is 5.41 Å². The minimum absolute atomic E-state index is 0.360. The smallest absolute Gasteiger partial charge is 0.0406 e. The summed E-state index contributed by atoms with van der Waals surface area (Å²) in [5.41, 5.74) is 1.81. The second kappa shape index (κ2) is 5.41. The molecule has 0 atom stereocenters. The molecule has 0 amide bonds. The number of rotatable bonds is 5. The number of nitrogens with one attached hydrogen (secondary N) is 1. The molecular weight excluding hydrogens is 230 g/mol. The van der Waals surface area contributed by atoms with Crippen molar-refractivity contribution in [1.82, 2.24) is 5.32 Å². The van der Waals surface area contributed by atoms with E-state index in [4.69, 9.17) is 11.6 Å². The lowest BCUT2D eigenvalue weighted by Crippen LogP contribution is -2.48. The monoisotopic (exact) mass is 251 g/mol. The molecule has 0 unspecified atom stereocenters. The van der Waals surface area contributed by atoms with E-state index in [0.717, 1.165) is 24.0 Å². The van der Waals surface area contributed by atoms with Gasteiger partial charge in [-0.25, -0.2) is 0 Å². The summed E-state index contributed by atoms with van der Waals surface area (Å²) in [6.45, 7) is 6.77. The molecule has 1 aliphatic carbocycles. The Bertz CT molecular complexity index is 352. The Balaban J connectivity index is 2.08. The summed E-state index contributed by atoms with van der Waals surface area (Å²) in [4.78, 5) is 0. The minimum atomic E-state index is 0.360. The molecule has 94 valence electrons. The van der Waals surface area contributed by atoms with Crippen molar-refractivity contribution in [2.45, 2.75) is 38.5 Å². The van der Waals surface area contributed by atoms with Crippen molar-refractivity contribution in [3.63, 3.8) is 0 Å². The van der Waals surface area contributed by atoms with E-state index in [2.05, 4.69) is 31.3 Å².